The van der Waals surface area contributed by atoms with Crippen LogP contribution in [0.25, 0.3) is 10.1 Å². The van der Waals surface area contributed by atoms with Crippen LogP contribution < -0.4 is 4.74 Å². The zero-order chi connectivity index (χ0) is 10.1. The average molecular weight is 210 g/mol. The first-order chi connectivity index (χ1) is 6.76. The molecule has 74 valence electrons. The Labute approximate surface area is 85.2 Å². The van der Waals surface area contributed by atoms with Gasteiger partial charge in [0.15, 0.2) is 0 Å². The molecule has 0 amide bonds. The van der Waals surface area contributed by atoms with Crippen molar-refractivity contribution in [3.05, 3.63) is 23.1 Å². The molecule has 2 rings (SSSR count). The molecule has 1 aromatic heterocycles. The Hall–Kier alpha value is -1.26. The van der Waals surface area contributed by atoms with Gasteiger partial charge in [0, 0.05) is 15.5 Å². The van der Waals surface area contributed by atoms with Crippen molar-refractivity contribution >= 4 is 21.4 Å². The van der Waals surface area contributed by atoms with Gasteiger partial charge < -0.3 is 14.9 Å². The summed E-state index contributed by atoms with van der Waals surface area (Å²) in [6, 6.07) is 3.58. The third-order valence-corrected chi connectivity index (χ3v) is 3.03. The predicted molar refractivity (Wildman–Crippen MR) is 56.0 cm³/mol. The first-order valence-corrected chi connectivity index (χ1v) is 5.02. The third-order valence-electron chi connectivity index (χ3n) is 2.12. The largest absolute Gasteiger partial charge is 0.506 e. The molecule has 2 aromatic rings. The van der Waals surface area contributed by atoms with Crippen LogP contribution >= 0.6 is 11.3 Å². The lowest BCUT2D eigenvalue weighted by Gasteiger charge is -2.04. The molecule has 1 heterocycles. The molecule has 0 bridgehead atoms. The van der Waals surface area contributed by atoms with Gasteiger partial charge in [0.05, 0.1) is 13.7 Å². The second kappa shape index (κ2) is 3.48. The number of aromatic hydroxyl groups is 1. The normalized spacial score (nSPS) is 10.7. The maximum absolute atomic E-state index is 9.55. The van der Waals surface area contributed by atoms with Crippen LogP contribution in [0.4, 0.5) is 0 Å². The van der Waals surface area contributed by atoms with Gasteiger partial charge >= 0.3 is 0 Å². The van der Waals surface area contributed by atoms with E-state index in [-0.39, 0.29) is 12.4 Å². The number of aliphatic hydroxyl groups excluding tert-OH is 1. The van der Waals surface area contributed by atoms with Gasteiger partial charge in [-0.2, -0.15) is 0 Å². The molecule has 1 aromatic carbocycles. The summed E-state index contributed by atoms with van der Waals surface area (Å²) in [6.07, 6.45) is 0. The summed E-state index contributed by atoms with van der Waals surface area (Å²) < 4.78 is 6.01. The lowest BCUT2D eigenvalue weighted by molar-refractivity contribution is 0.282. The Balaban J connectivity index is 2.76. The topological polar surface area (TPSA) is 49.7 Å². The van der Waals surface area contributed by atoms with E-state index in [9.17, 15) is 5.11 Å². The Morgan fingerprint density at radius 1 is 1.43 bits per heavy atom. The number of thiophene rings is 1. The molecule has 0 aliphatic heterocycles. The Kier molecular flexibility index (Phi) is 2.31. The molecular formula is C10H10O3S. The summed E-state index contributed by atoms with van der Waals surface area (Å²) in [5.41, 5.74) is 0.693. The lowest BCUT2D eigenvalue weighted by Crippen LogP contribution is -1.88. The number of hydrogen-bond acceptors (Lipinski definition) is 4. The van der Waals surface area contributed by atoms with E-state index in [1.54, 1.807) is 18.6 Å². The fourth-order valence-electron chi connectivity index (χ4n) is 1.45. The van der Waals surface area contributed by atoms with E-state index < -0.39 is 0 Å². The van der Waals surface area contributed by atoms with E-state index in [0.29, 0.717) is 11.3 Å². The maximum Gasteiger partial charge on any atom is 0.134 e. The predicted octanol–water partition coefficient (Wildman–Crippen LogP) is 2.11. The molecule has 14 heavy (non-hydrogen) atoms. The van der Waals surface area contributed by atoms with Gasteiger partial charge in [-0.3, -0.25) is 0 Å². The van der Waals surface area contributed by atoms with Crippen LogP contribution in [-0.2, 0) is 6.61 Å². The fraction of sp³-hybridized carbons (Fsp3) is 0.200. The number of ether oxygens (including phenoxy) is 1. The molecule has 3 nitrogen and oxygen atoms in total. The molecule has 0 atom stereocenters. The standard InChI is InChI=1S/C10H10O3S/c1-13-7-2-6(4-11)10-8(12)5-14-9(10)3-7/h2-3,5,11-12H,4H2,1H3. The number of aliphatic hydroxyl groups is 1. The van der Waals surface area contributed by atoms with Crippen molar-refractivity contribution in [1.82, 2.24) is 0 Å². The molecule has 0 unspecified atom stereocenters. The highest BCUT2D eigenvalue weighted by Crippen LogP contribution is 2.36. The van der Waals surface area contributed by atoms with E-state index in [1.807, 2.05) is 6.07 Å². The second-order valence-corrected chi connectivity index (χ2v) is 3.85. The SMILES string of the molecule is COc1cc(CO)c2c(O)csc2c1. The highest BCUT2D eigenvalue weighted by atomic mass is 32.1. The van der Waals surface area contributed by atoms with Crippen LogP contribution in [0.5, 0.6) is 11.5 Å². The van der Waals surface area contributed by atoms with Gasteiger partial charge in [0.2, 0.25) is 0 Å². The van der Waals surface area contributed by atoms with E-state index in [2.05, 4.69) is 0 Å². The van der Waals surface area contributed by atoms with Crippen molar-refractivity contribution in [2.24, 2.45) is 0 Å². The molecule has 2 N–H and O–H groups in total. The molecule has 0 saturated carbocycles. The summed E-state index contributed by atoms with van der Waals surface area (Å²) in [6.45, 7) is -0.0992. The van der Waals surface area contributed by atoms with Crippen LogP contribution in [0.3, 0.4) is 0 Å². The van der Waals surface area contributed by atoms with Crippen LogP contribution in [-0.4, -0.2) is 17.3 Å². The molecule has 0 fully saturated rings. The molecule has 0 saturated heterocycles. The van der Waals surface area contributed by atoms with Crippen molar-refractivity contribution in [1.29, 1.82) is 0 Å². The number of fused-ring (bicyclic) bond motifs is 1. The van der Waals surface area contributed by atoms with Crippen molar-refractivity contribution in [3.63, 3.8) is 0 Å². The van der Waals surface area contributed by atoms with E-state index in [4.69, 9.17) is 9.84 Å². The molecule has 0 radical (unpaired) electrons. The average Bonchev–Trinajstić information content (AvgIpc) is 2.59. The van der Waals surface area contributed by atoms with Gasteiger partial charge in [-0.05, 0) is 17.7 Å². The van der Waals surface area contributed by atoms with Gasteiger partial charge in [-0.1, -0.05) is 0 Å². The van der Waals surface area contributed by atoms with Crippen LogP contribution in [0.15, 0.2) is 17.5 Å². The Bertz CT molecular complexity index is 462. The molecular weight excluding hydrogens is 200 g/mol. The molecule has 0 aliphatic carbocycles. The minimum atomic E-state index is -0.0992. The van der Waals surface area contributed by atoms with Crippen LogP contribution in [0.1, 0.15) is 5.56 Å². The second-order valence-electron chi connectivity index (χ2n) is 2.94. The van der Waals surface area contributed by atoms with Crippen LogP contribution in [0, 0.1) is 0 Å². The van der Waals surface area contributed by atoms with Crippen LogP contribution in [0.2, 0.25) is 0 Å². The molecule has 0 spiro atoms. The van der Waals surface area contributed by atoms with Gasteiger partial charge in [0.1, 0.15) is 11.5 Å². The molecule has 4 heteroatoms. The smallest absolute Gasteiger partial charge is 0.134 e. The summed E-state index contributed by atoms with van der Waals surface area (Å²) in [7, 11) is 1.58. The minimum absolute atomic E-state index is 0.0992. The lowest BCUT2D eigenvalue weighted by atomic mass is 10.1. The number of hydrogen-bond donors (Lipinski definition) is 2. The zero-order valence-electron chi connectivity index (χ0n) is 7.65. The monoisotopic (exact) mass is 210 g/mol. The summed E-state index contributed by atoms with van der Waals surface area (Å²) in [4.78, 5) is 0. The summed E-state index contributed by atoms with van der Waals surface area (Å²) >= 11 is 1.43. The third kappa shape index (κ3) is 1.32. The first kappa shape index (κ1) is 9.30. The van der Waals surface area contributed by atoms with Gasteiger partial charge in [0.25, 0.3) is 0 Å². The maximum atomic E-state index is 9.55. The van der Waals surface area contributed by atoms with Gasteiger partial charge in [-0.15, -0.1) is 11.3 Å². The fourth-order valence-corrected chi connectivity index (χ4v) is 2.34. The Morgan fingerprint density at radius 3 is 2.86 bits per heavy atom. The van der Waals surface area contributed by atoms with E-state index >= 15 is 0 Å². The van der Waals surface area contributed by atoms with Crippen molar-refractivity contribution in [2.45, 2.75) is 6.61 Å². The summed E-state index contributed by atoms with van der Waals surface area (Å²) in [5.74, 6) is 0.917. The molecule has 0 aliphatic rings. The first-order valence-electron chi connectivity index (χ1n) is 4.14. The van der Waals surface area contributed by atoms with Crippen molar-refractivity contribution in [2.75, 3.05) is 7.11 Å². The highest BCUT2D eigenvalue weighted by molar-refractivity contribution is 7.17. The summed E-state index contributed by atoms with van der Waals surface area (Å²) in [5, 5.41) is 21.1. The van der Waals surface area contributed by atoms with E-state index in [0.717, 1.165) is 10.1 Å². The van der Waals surface area contributed by atoms with E-state index in [1.165, 1.54) is 11.3 Å². The number of methoxy groups -OCH3 is 1. The van der Waals surface area contributed by atoms with Gasteiger partial charge in [-0.25, -0.2) is 0 Å². The van der Waals surface area contributed by atoms with Crippen molar-refractivity contribution < 1.29 is 14.9 Å². The highest BCUT2D eigenvalue weighted by Gasteiger charge is 2.09. The van der Waals surface area contributed by atoms with Crippen molar-refractivity contribution in [3.8, 4) is 11.5 Å². The number of rotatable bonds is 2. The minimum Gasteiger partial charge on any atom is -0.506 e. The number of benzene rings is 1. The Morgan fingerprint density at radius 2 is 2.21 bits per heavy atom. The quantitative estimate of drug-likeness (QED) is 0.798. The zero-order valence-corrected chi connectivity index (χ0v) is 8.47.